The van der Waals surface area contributed by atoms with Crippen LogP contribution in [0.25, 0.3) is 5.70 Å². The van der Waals surface area contributed by atoms with Gasteiger partial charge in [0.05, 0.1) is 12.7 Å². The van der Waals surface area contributed by atoms with E-state index < -0.39 is 5.97 Å². The van der Waals surface area contributed by atoms with Crippen molar-refractivity contribution in [3.05, 3.63) is 83.6 Å². The van der Waals surface area contributed by atoms with Gasteiger partial charge in [0.25, 0.3) is 0 Å². The summed E-state index contributed by atoms with van der Waals surface area (Å²) in [7, 11) is 1.33. The monoisotopic (exact) mass is 404 g/mol. The van der Waals surface area contributed by atoms with Crippen LogP contribution in [0, 0.1) is 6.92 Å². The van der Waals surface area contributed by atoms with Gasteiger partial charge in [-0.3, -0.25) is 0 Å². The van der Waals surface area contributed by atoms with Crippen LogP contribution >= 0.6 is 0 Å². The number of carbonyl (C=O) groups is 1. The Labute approximate surface area is 175 Å². The summed E-state index contributed by atoms with van der Waals surface area (Å²) in [5.41, 5.74) is 3.02. The molecule has 0 atom stereocenters. The first-order valence-electron chi connectivity index (χ1n) is 9.59. The standard InChI is InChI=1S/C24H24N2O4/c1-4-5-22(26-23-11-8-17(15-25-23)24(28)29-3)18-12-19(27)14-21(13-18)30-20-9-6-16(2)7-10-20/h5-15,27H,4H2,1-3H3,(H,25,26)/b22-5+. The van der Waals surface area contributed by atoms with Crippen molar-refractivity contribution in [2.45, 2.75) is 20.3 Å². The van der Waals surface area contributed by atoms with Crippen molar-refractivity contribution in [3.8, 4) is 17.2 Å². The lowest BCUT2D eigenvalue weighted by Gasteiger charge is -2.14. The minimum Gasteiger partial charge on any atom is -0.508 e. The molecule has 0 aliphatic rings. The van der Waals surface area contributed by atoms with Crippen LogP contribution < -0.4 is 10.1 Å². The predicted molar refractivity (Wildman–Crippen MR) is 117 cm³/mol. The third-order valence-electron chi connectivity index (χ3n) is 4.31. The summed E-state index contributed by atoms with van der Waals surface area (Å²) < 4.78 is 10.6. The van der Waals surface area contributed by atoms with Crippen molar-refractivity contribution in [1.29, 1.82) is 0 Å². The number of esters is 1. The number of carbonyl (C=O) groups excluding carboxylic acids is 1. The molecule has 0 unspecified atom stereocenters. The summed E-state index contributed by atoms with van der Waals surface area (Å²) in [5.74, 6) is 1.42. The van der Waals surface area contributed by atoms with Crippen molar-refractivity contribution in [2.24, 2.45) is 0 Å². The molecule has 0 saturated heterocycles. The van der Waals surface area contributed by atoms with Crippen molar-refractivity contribution < 1.29 is 19.4 Å². The Kier molecular flexibility index (Phi) is 6.70. The summed E-state index contributed by atoms with van der Waals surface area (Å²) >= 11 is 0. The molecule has 154 valence electrons. The maximum atomic E-state index is 11.6. The van der Waals surface area contributed by atoms with E-state index >= 15 is 0 Å². The number of benzene rings is 2. The number of aromatic nitrogens is 1. The van der Waals surface area contributed by atoms with Crippen molar-refractivity contribution in [2.75, 3.05) is 12.4 Å². The summed E-state index contributed by atoms with van der Waals surface area (Å²) in [6, 6.07) is 16.1. The number of hydrogen-bond acceptors (Lipinski definition) is 6. The van der Waals surface area contributed by atoms with Gasteiger partial charge < -0.3 is 19.9 Å². The van der Waals surface area contributed by atoms with E-state index in [1.165, 1.54) is 13.3 Å². The van der Waals surface area contributed by atoms with Crippen LogP contribution in [0.15, 0.2) is 66.9 Å². The molecule has 0 fully saturated rings. The SMILES string of the molecule is CC/C=C(/Nc1ccc(C(=O)OC)cn1)c1cc(O)cc(Oc2ccc(C)cc2)c1. The largest absolute Gasteiger partial charge is 0.508 e. The van der Waals surface area contributed by atoms with Crippen LogP contribution in [0.2, 0.25) is 0 Å². The van der Waals surface area contributed by atoms with Crippen LogP contribution in [0.1, 0.15) is 34.8 Å². The highest BCUT2D eigenvalue weighted by molar-refractivity contribution is 5.89. The number of phenols is 1. The van der Waals surface area contributed by atoms with Crippen LogP contribution in [0.3, 0.4) is 0 Å². The number of nitrogens with zero attached hydrogens (tertiary/aromatic N) is 1. The molecule has 2 N–H and O–H groups in total. The highest BCUT2D eigenvalue weighted by Crippen LogP contribution is 2.30. The Morgan fingerprint density at radius 1 is 1.07 bits per heavy atom. The van der Waals surface area contributed by atoms with E-state index in [2.05, 4.69) is 10.3 Å². The Morgan fingerprint density at radius 2 is 1.83 bits per heavy atom. The molecular formula is C24H24N2O4. The predicted octanol–water partition coefficient (Wildman–Crippen LogP) is 5.54. The normalized spacial score (nSPS) is 11.1. The minimum atomic E-state index is -0.441. The van der Waals surface area contributed by atoms with Crippen LogP contribution in [0.5, 0.6) is 17.2 Å². The van der Waals surface area contributed by atoms with Crippen molar-refractivity contribution in [3.63, 3.8) is 0 Å². The maximum absolute atomic E-state index is 11.6. The number of rotatable bonds is 7. The fourth-order valence-corrected chi connectivity index (χ4v) is 2.83. The average Bonchev–Trinajstić information content (AvgIpc) is 2.74. The number of aromatic hydroxyl groups is 1. The third kappa shape index (κ3) is 5.38. The van der Waals surface area contributed by atoms with Crippen LogP contribution in [0.4, 0.5) is 5.82 Å². The maximum Gasteiger partial charge on any atom is 0.339 e. The lowest BCUT2D eigenvalue weighted by Crippen LogP contribution is -2.04. The molecular weight excluding hydrogens is 380 g/mol. The first kappa shape index (κ1) is 20.9. The molecule has 6 nitrogen and oxygen atoms in total. The molecule has 1 heterocycles. The van der Waals surface area contributed by atoms with Gasteiger partial charge in [0.2, 0.25) is 0 Å². The van der Waals surface area contributed by atoms with Gasteiger partial charge in [-0.1, -0.05) is 30.7 Å². The second-order valence-electron chi connectivity index (χ2n) is 6.71. The van der Waals surface area contributed by atoms with Crippen molar-refractivity contribution in [1.82, 2.24) is 4.98 Å². The minimum absolute atomic E-state index is 0.0902. The van der Waals surface area contributed by atoms with Gasteiger partial charge in [0, 0.05) is 23.5 Å². The molecule has 0 spiro atoms. The fraction of sp³-hybridized carbons (Fsp3) is 0.167. The fourth-order valence-electron chi connectivity index (χ4n) is 2.83. The zero-order valence-corrected chi connectivity index (χ0v) is 17.2. The number of anilines is 1. The number of hydrogen-bond donors (Lipinski definition) is 2. The lowest BCUT2D eigenvalue weighted by molar-refractivity contribution is 0.0600. The summed E-state index contributed by atoms with van der Waals surface area (Å²) in [6.45, 7) is 4.03. The van der Waals surface area contributed by atoms with Gasteiger partial charge in [-0.2, -0.15) is 0 Å². The lowest BCUT2D eigenvalue weighted by atomic mass is 10.1. The number of ether oxygens (including phenoxy) is 2. The second-order valence-corrected chi connectivity index (χ2v) is 6.71. The Hall–Kier alpha value is -3.80. The van der Waals surface area contributed by atoms with Gasteiger partial charge in [-0.05, 0) is 49.7 Å². The first-order valence-corrected chi connectivity index (χ1v) is 9.59. The number of aryl methyl sites for hydroxylation is 1. The van der Waals surface area contributed by atoms with Gasteiger partial charge >= 0.3 is 5.97 Å². The van der Waals surface area contributed by atoms with E-state index in [4.69, 9.17) is 9.47 Å². The van der Waals surface area contributed by atoms with Gasteiger partial charge in [-0.15, -0.1) is 0 Å². The zero-order chi connectivity index (χ0) is 21.5. The van der Waals surface area contributed by atoms with Crippen LogP contribution in [-0.2, 0) is 4.74 Å². The molecule has 0 bridgehead atoms. The first-order chi connectivity index (χ1) is 14.5. The number of nitrogens with one attached hydrogen (secondary N) is 1. The van der Waals surface area contributed by atoms with Crippen LogP contribution in [-0.4, -0.2) is 23.2 Å². The molecule has 3 aromatic rings. The molecule has 3 rings (SSSR count). The van der Waals surface area contributed by atoms with E-state index in [1.807, 2.05) is 50.3 Å². The van der Waals surface area contributed by atoms with Gasteiger partial charge in [-0.25, -0.2) is 9.78 Å². The molecule has 0 aliphatic heterocycles. The topological polar surface area (TPSA) is 80.7 Å². The molecule has 0 amide bonds. The molecule has 2 aromatic carbocycles. The highest BCUT2D eigenvalue weighted by Gasteiger charge is 2.10. The second kappa shape index (κ2) is 9.60. The summed E-state index contributed by atoms with van der Waals surface area (Å²) in [4.78, 5) is 15.8. The molecule has 30 heavy (non-hydrogen) atoms. The number of allylic oxidation sites excluding steroid dienone is 1. The molecule has 1 aromatic heterocycles. The Morgan fingerprint density at radius 3 is 2.47 bits per heavy atom. The molecule has 0 radical (unpaired) electrons. The van der Waals surface area contributed by atoms with E-state index in [1.54, 1.807) is 24.3 Å². The quantitative estimate of drug-likeness (QED) is 0.504. The Bertz CT molecular complexity index is 1040. The third-order valence-corrected chi connectivity index (χ3v) is 4.31. The summed E-state index contributed by atoms with van der Waals surface area (Å²) in [5, 5.41) is 13.5. The Balaban J connectivity index is 1.85. The smallest absolute Gasteiger partial charge is 0.339 e. The number of pyridine rings is 1. The van der Waals surface area contributed by atoms with Gasteiger partial charge in [0.1, 0.15) is 23.1 Å². The molecule has 0 aliphatic carbocycles. The highest BCUT2D eigenvalue weighted by atomic mass is 16.5. The summed E-state index contributed by atoms with van der Waals surface area (Å²) in [6.07, 6.45) is 4.21. The van der Waals surface area contributed by atoms with E-state index in [9.17, 15) is 9.90 Å². The average molecular weight is 404 g/mol. The molecule has 0 saturated carbocycles. The van der Waals surface area contributed by atoms with Gasteiger partial charge in [0.15, 0.2) is 0 Å². The number of phenolic OH excluding ortho intramolecular Hbond substituents is 1. The van der Waals surface area contributed by atoms with E-state index in [0.717, 1.165) is 23.2 Å². The number of methoxy groups -OCH3 is 1. The molecule has 6 heteroatoms. The van der Waals surface area contributed by atoms with E-state index in [0.29, 0.717) is 22.9 Å². The zero-order valence-electron chi connectivity index (χ0n) is 17.2. The van der Waals surface area contributed by atoms with Crippen molar-refractivity contribution >= 4 is 17.5 Å². The van der Waals surface area contributed by atoms with E-state index in [-0.39, 0.29) is 5.75 Å².